The maximum atomic E-state index is 12.3. The molecule has 0 aromatic heterocycles. The summed E-state index contributed by atoms with van der Waals surface area (Å²) in [5, 5.41) is 17.0. The number of anilines is 3. The van der Waals surface area contributed by atoms with Crippen molar-refractivity contribution < 1.29 is 14.7 Å². The van der Waals surface area contributed by atoms with Crippen LogP contribution < -0.4 is 15.7 Å². The fourth-order valence-corrected chi connectivity index (χ4v) is 2.38. The minimum Gasteiger partial charge on any atom is -0.545 e. The van der Waals surface area contributed by atoms with Gasteiger partial charge in [0.05, 0.1) is 5.97 Å². The topological polar surface area (TPSA) is 81.3 Å². The van der Waals surface area contributed by atoms with Crippen LogP contribution in [0.25, 0.3) is 0 Å². The van der Waals surface area contributed by atoms with Crippen molar-refractivity contribution in [2.24, 2.45) is 0 Å². The average molecular weight is 331 g/mol. The van der Waals surface area contributed by atoms with E-state index in [4.69, 9.17) is 0 Å². The molecule has 0 atom stereocenters. The molecule has 25 heavy (non-hydrogen) atoms. The van der Waals surface area contributed by atoms with E-state index in [9.17, 15) is 14.7 Å². The molecule has 2 N–H and O–H groups in total. The Labute approximate surface area is 144 Å². The van der Waals surface area contributed by atoms with Crippen molar-refractivity contribution in [3.05, 3.63) is 90.0 Å². The van der Waals surface area contributed by atoms with Gasteiger partial charge in [-0.2, -0.15) is 0 Å². The molecule has 5 nitrogen and oxygen atoms in total. The van der Waals surface area contributed by atoms with E-state index in [1.54, 1.807) is 24.3 Å². The fraction of sp³-hybridized carbons (Fsp3) is 0. The Bertz CT molecular complexity index is 890. The predicted octanol–water partition coefficient (Wildman–Crippen LogP) is 3.05. The zero-order valence-corrected chi connectivity index (χ0v) is 13.2. The van der Waals surface area contributed by atoms with Crippen LogP contribution in [0.5, 0.6) is 0 Å². The lowest BCUT2D eigenvalue weighted by Gasteiger charge is -2.11. The van der Waals surface area contributed by atoms with Gasteiger partial charge in [-0.1, -0.05) is 36.4 Å². The first-order chi connectivity index (χ1) is 12.1. The summed E-state index contributed by atoms with van der Waals surface area (Å²) in [6, 6.07) is 22.8. The summed E-state index contributed by atoms with van der Waals surface area (Å²) < 4.78 is 0. The first-order valence-electron chi connectivity index (χ1n) is 7.67. The molecule has 3 aromatic carbocycles. The maximum absolute atomic E-state index is 12.3. The molecule has 0 saturated heterocycles. The summed E-state index contributed by atoms with van der Waals surface area (Å²) >= 11 is 0. The highest BCUT2D eigenvalue weighted by Gasteiger charge is 2.11. The maximum Gasteiger partial charge on any atom is 0.256 e. The van der Waals surface area contributed by atoms with Gasteiger partial charge in [-0.05, 0) is 42.5 Å². The second-order valence-electron chi connectivity index (χ2n) is 5.36. The molecule has 0 aliphatic carbocycles. The lowest BCUT2D eigenvalue weighted by Crippen LogP contribution is -2.26. The van der Waals surface area contributed by atoms with E-state index in [0.29, 0.717) is 5.69 Å². The van der Waals surface area contributed by atoms with Gasteiger partial charge < -0.3 is 20.5 Å². The summed E-state index contributed by atoms with van der Waals surface area (Å²) in [6.45, 7) is 0. The van der Waals surface area contributed by atoms with E-state index in [1.807, 2.05) is 42.5 Å². The fourth-order valence-electron chi connectivity index (χ4n) is 2.38. The Kier molecular flexibility index (Phi) is 4.76. The van der Waals surface area contributed by atoms with Gasteiger partial charge in [0, 0.05) is 28.2 Å². The smallest absolute Gasteiger partial charge is 0.256 e. The number of carbonyl (C=O) groups excluding carboxylic acids is 2. The third kappa shape index (κ3) is 4.03. The van der Waals surface area contributed by atoms with Crippen LogP contribution in [0.4, 0.5) is 17.1 Å². The minimum absolute atomic E-state index is 0.0639. The van der Waals surface area contributed by atoms with Crippen LogP contribution in [0.3, 0.4) is 0 Å². The molecule has 0 bridgehead atoms. The minimum atomic E-state index is -1.38. The molecule has 0 saturated carbocycles. The highest BCUT2D eigenvalue weighted by Crippen LogP contribution is 2.19. The molecule has 5 heteroatoms. The van der Waals surface area contributed by atoms with Crippen LogP contribution in [0.15, 0.2) is 78.9 Å². The SMILES string of the molecule is O=C([O-])c1ccccc1C(=O)Nc1ccc(Nc2ccccc2)cc1. The second kappa shape index (κ2) is 7.31. The van der Waals surface area contributed by atoms with E-state index in [0.717, 1.165) is 11.4 Å². The molecule has 0 radical (unpaired) electrons. The average Bonchev–Trinajstić information content (AvgIpc) is 2.64. The highest BCUT2D eigenvalue weighted by molar-refractivity contribution is 6.10. The van der Waals surface area contributed by atoms with Crippen molar-refractivity contribution >= 4 is 28.9 Å². The Balaban J connectivity index is 1.71. The van der Waals surface area contributed by atoms with Crippen LogP contribution in [0, 0.1) is 0 Å². The number of carboxylic acids is 1. The van der Waals surface area contributed by atoms with E-state index in [2.05, 4.69) is 10.6 Å². The summed E-state index contributed by atoms with van der Waals surface area (Å²) in [5.41, 5.74) is 2.33. The first kappa shape index (κ1) is 16.3. The van der Waals surface area contributed by atoms with E-state index >= 15 is 0 Å². The van der Waals surface area contributed by atoms with Crippen molar-refractivity contribution in [3.63, 3.8) is 0 Å². The second-order valence-corrected chi connectivity index (χ2v) is 5.36. The van der Waals surface area contributed by atoms with Crippen LogP contribution in [0.1, 0.15) is 20.7 Å². The van der Waals surface area contributed by atoms with Gasteiger partial charge in [-0.15, -0.1) is 0 Å². The van der Waals surface area contributed by atoms with Crippen molar-refractivity contribution in [1.29, 1.82) is 0 Å². The van der Waals surface area contributed by atoms with Crippen molar-refractivity contribution in [3.8, 4) is 0 Å². The summed E-state index contributed by atoms with van der Waals surface area (Å²) in [7, 11) is 0. The number of nitrogens with one attached hydrogen (secondary N) is 2. The standard InChI is InChI=1S/C20H16N2O3/c23-19(17-8-4-5-9-18(17)20(24)25)22-16-12-10-15(11-13-16)21-14-6-2-1-3-7-14/h1-13,21H,(H,22,23)(H,24,25)/p-1. The highest BCUT2D eigenvalue weighted by atomic mass is 16.4. The van der Waals surface area contributed by atoms with Crippen LogP contribution in [-0.4, -0.2) is 11.9 Å². The summed E-state index contributed by atoms with van der Waals surface area (Å²) in [5.74, 6) is -1.88. The molecule has 0 unspecified atom stereocenters. The van der Waals surface area contributed by atoms with Gasteiger partial charge in [-0.25, -0.2) is 0 Å². The van der Waals surface area contributed by atoms with Gasteiger partial charge in [0.15, 0.2) is 0 Å². The molecular weight excluding hydrogens is 316 g/mol. The zero-order chi connectivity index (χ0) is 17.6. The number of hydrogen-bond acceptors (Lipinski definition) is 4. The van der Waals surface area contributed by atoms with Crippen molar-refractivity contribution in [1.82, 2.24) is 0 Å². The summed E-state index contributed by atoms with van der Waals surface area (Å²) in [6.07, 6.45) is 0. The number of para-hydroxylation sites is 1. The third-order valence-electron chi connectivity index (χ3n) is 3.60. The number of amides is 1. The Hall–Kier alpha value is -3.60. The lowest BCUT2D eigenvalue weighted by molar-refractivity contribution is -0.255. The predicted molar refractivity (Wildman–Crippen MR) is 94.9 cm³/mol. The molecule has 124 valence electrons. The normalized spacial score (nSPS) is 10.1. The summed E-state index contributed by atoms with van der Waals surface area (Å²) in [4.78, 5) is 23.4. The molecule has 0 heterocycles. The Morgan fingerprint density at radius 3 is 1.80 bits per heavy atom. The number of hydrogen-bond donors (Lipinski definition) is 2. The molecule has 3 aromatic rings. The van der Waals surface area contributed by atoms with Gasteiger partial charge in [0.2, 0.25) is 0 Å². The Morgan fingerprint density at radius 2 is 1.16 bits per heavy atom. The van der Waals surface area contributed by atoms with Gasteiger partial charge in [0.1, 0.15) is 0 Å². The van der Waals surface area contributed by atoms with E-state index in [-0.39, 0.29) is 11.1 Å². The van der Waals surface area contributed by atoms with Gasteiger partial charge in [-0.3, -0.25) is 4.79 Å². The number of benzene rings is 3. The molecule has 3 rings (SSSR count). The number of carboxylic acid groups (broad SMARTS) is 1. The van der Waals surface area contributed by atoms with Crippen LogP contribution >= 0.6 is 0 Å². The van der Waals surface area contributed by atoms with E-state index < -0.39 is 11.9 Å². The Morgan fingerprint density at radius 1 is 0.640 bits per heavy atom. The molecule has 1 amide bonds. The molecular formula is C20H15N2O3-. The molecule has 0 fully saturated rings. The number of rotatable bonds is 5. The van der Waals surface area contributed by atoms with Crippen LogP contribution in [0.2, 0.25) is 0 Å². The lowest BCUT2D eigenvalue weighted by atomic mass is 10.1. The number of aromatic carboxylic acids is 1. The van der Waals surface area contributed by atoms with E-state index in [1.165, 1.54) is 12.1 Å². The first-order valence-corrected chi connectivity index (χ1v) is 7.67. The largest absolute Gasteiger partial charge is 0.545 e. The quantitative estimate of drug-likeness (QED) is 0.753. The number of carbonyl (C=O) groups is 2. The van der Waals surface area contributed by atoms with Crippen molar-refractivity contribution in [2.45, 2.75) is 0 Å². The van der Waals surface area contributed by atoms with Crippen LogP contribution in [-0.2, 0) is 0 Å². The monoisotopic (exact) mass is 331 g/mol. The zero-order valence-electron chi connectivity index (χ0n) is 13.2. The third-order valence-corrected chi connectivity index (χ3v) is 3.60. The van der Waals surface area contributed by atoms with Gasteiger partial charge in [0.25, 0.3) is 5.91 Å². The van der Waals surface area contributed by atoms with Crippen molar-refractivity contribution in [2.75, 3.05) is 10.6 Å². The molecule has 0 aliphatic rings. The molecule has 0 spiro atoms. The van der Waals surface area contributed by atoms with Gasteiger partial charge >= 0.3 is 0 Å². The molecule has 0 aliphatic heterocycles.